The van der Waals surface area contributed by atoms with Crippen molar-refractivity contribution in [2.75, 3.05) is 17.7 Å². The molecule has 0 spiro atoms. The van der Waals surface area contributed by atoms with Crippen molar-refractivity contribution in [3.8, 4) is 5.75 Å². The van der Waals surface area contributed by atoms with Gasteiger partial charge in [0.2, 0.25) is 0 Å². The molecule has 0 saturated carbocycles. The van der Waals surface area contributed by atoms with Crippen LogP contribution < -0.4 is 15.4 Å². The van der Waals surface area contributed by atoms with Crippen LogP contribution in [0, 0.1) is 6.92 Å². The summed E-state index contributed by atoms with van der Waals surface area (Å²) in [6, 6.07) is 15.4. The average Bonchev–Trinajstić information content (AvgIpc) is 2.68. The van der Waals surface area contributed by atoms with Gasteiger partial charge in [0.15, 0.2) is 0 Å². The highest BCUT2D eigenvalue weighted by molar-refractivity contribution is 6.03. The summed E-state index contributed by atoms with van der Waals surface area (Å²) in [7, 11) is 1.55. The molecule has 3 rings (SSSR count). The Morgan fingerprint density at radius 1 is 1.04 bits per heavy atom. The summed E-state index contributed by atoms with van der Waals surface area (Å²) >= 11 is 0. The van der Waals surface area contributed by atoms with Crippen LogP contribution in [0.2, 0.25) is 0 Å². The molecule has 2 N–H and O–H groups in total. The predicted octanol–water partition coefficient (Wildman–Crippen LogP) is 3.66. The summed E-state index contributed by atoms with van der Waals surface area (Å²) in [5.41, 5.74) is 3.19. The van der Waals surface area contributed by atoms with Crippen LogP contribution in [0.25, 0.3) is 0 Å². The van der Waals surface area contributed by atoms with Crippen molar-refractivity contribution in [3.05, 3.63) is 77.7 Å². The number of amides is 1. The Labute approximate surface area is 152 Å². The molecule has 0 bridgehead atoms. The quantitative estimate of drug-likeness (QED) is 0.711. The molecule has 1 heterocycles. The summed E-state index contributed by atoms with van der Waals surface area (Å²) < 4.78 is 5.22. The van der Waals surface area contributed by atoms with Crippen LogP contribution >= 0.6 is 0 Å². The number of nitrogens with zero attached hydrogens (tertiary/aromatic N) is 2. The van der Waals surface area contributed by atoms with Crippen molar-refractivity contribution in [2.45, 2.75) is 13.5 Å². The van der Waals surface area contributed by atoms with Crippen LogP contribution in [-0.2, 0) is 6.54 Å². The minimum Gasteiger partial charge on any atom is -0.495 e. The summed E-state index contributed by atoms with van der Waals surface area (Å²) in [6.45, 7) is 2.69. The Morgan fingerprint density at radius 3 is 2.50 bits per heavy atom. The minimum absolute atomic E-state index is 0.233. The van der Waals surface area contributed by atoms with Gasteiger partial charge in [-0.2, -0.15) is 0 Å². The van der Waals surface area contributed by atoms with E-state index >= 15 is 0 Å². The van der Waals surface area contributed by atoms with Crippen molar-refractivity contribution < 1.29 is 9.53 Å². The van der Waals surface area contributed by atoms with Crippen LogP contribution in [0.3, 0.4) is 0 Å². The monoisotopic (exact) mass is 348 g/mol. The lowest BCUT2D eigenvalue weighted by Gasteiger charge is -2.10. The largest absolute Gasteiger partial charge is 0.495 e. The maximum Gasteiger partial charge on any atom is 0.275 e. The smallest absolute Gasteiger partial charge is 0.275 e. The van der Waals surface area contributed by atoms with Gasteiger partial charge in [0.05, 0.1) is 25.2 Å². The Balaban J connectivity index is 1.61. The highest BCUT2D eigenvalue weighted by Gasteiger charge is 2.11. The van der Waals surface area contributed by atoms with Gasteiger partial charge in [-0.05, 0) is 24.6 Å². The number of aromatic nitrogens is 2. The van der Waals surface area contributed by atoms with E-state index in [-0.39, 0.29) is 11.6 Å². The molecule has 132 valence electrons. The van der Waals surface area contributed by atoms with E-state index in [1.54, 1.807) is 25.4 Å². The molecule has 0 radical (unpaired) electrons. The molecule has 6 nitrogen and oxygen atoms in total. The number of aryl methyl sites for hydroxylation is 1. The first-order valence-corrected chi connectivity index (χ1v) is 8.21. The zero-order valence-corrected chi connectivity index (χ0v) is 14.7. The van der Waals surface area contributed by atoms with Gasteiger partial charge in [-0.1, -0.05) is 42.0 Å². The van der Waals surface area contributed by atoms with Crippen molar-refractivity contribution in [1.82, 2.24) is 9.97 Å². The third-order valence-corrected chi connectivity index (χ3v) is 3.83. The highest BCUT2D eigenvalue weighted by Crippen LogP contribution is 2.23. The first-order valence-electron chi connectivity index (χ1n) is 8.21. The Morgan fingerprint density at radius 2 is 1.81 bits per heavy atom. The molecule has 0 atom stereocenters. The molecule has 26 heavy (non-hydrogen) atoms. The Kier molecular flexibility index (Phi) is 5.43. The predicted molar refractivity (Wildman–Crippen MR) is 101 cm³/mol. The lowest BCUT2D eigenvalue weighted by atomic mass is 10.1. The molecule has 1 aromatic heterocycles. The number of ether oxygens (including phenoxy) is 1. The average molecular weight is 348 g/mol. The number of carbonyl (C=O) groups excluding carboxylic acids is 1. The lowest BCUT2D eigenvalue weighted by molar-refractivity contribution is 0.102. The summed E-state index contributed by atoms with van der Waals surface area (Å²) in [5.74, 6) is 0.858. The highest BCUT2D eigenvalue weighted by atomic mass is 16.5. The maximum atomic E-state index is 12.3. The van der Waals surface area contributed by atoms with Crippen molar-refractivity contribution in [2.24, 2.45) is 0 Å². The second-order valence-corrected chi connectivity index (χ2v) is 5.78. The zero-order valence-electron chi connectivity index (χ0n) is 14.7. The molecular weight excluding hydrogens is 328 g/mol. The van der Waals surface area contributed by atoms with Crippen molar-refractivity contribution in [1.29, 1.82) is 0 Å². The Hall–Kier alpha value is -3.41. The molecular formula is C20H20N4O2. The maximum absolute atomic E-state index is 12.3. The molecule has 0 aliphatic heterocycles. The number of nitrogens with one attached hydrogen (secondary N) is 2. The molecule has 0 unspecified atom stereocenters. The molecule has 0 aliphatic carbocycles. The number of rotatable bonds is 6. The second-order valence-electron chi connectivity index (χ2n) is 5.78. The zero-order chi connectivity index (χ0) is 18.4. The fourth-order valence-corrected chi connectivity index (χ4v) is 2.37. The first-order chi connectivity index (χ1) is 12.7. The van der Waals surface area contributed by atoms with Crippen LogP contribution in [0.5, 0.6) is 5.75 Å². The van der Waals surface area contributed by atoms with Gasteiger partial charge in [0.25, 0.3) is 5.91 Å². The van der Waals surface area contributed by atoms with E-state index in [9.17, 15) is 4.79 Å². The number of benzene rings is 2. The van der Waals surface area contributed by atoms with Gasteiger partial charge < -0.3 is 15.4 Å². The molecule has 0 fully saturated rings. The van der Waals surface area contributed by atoms with E-state index in [0.29, 0.717) is 23.8 Å². The summed E-state index contributed by atoms with van der Waals surface area (Å²) in [5, 5.41) is 5.96. The number of hydrogen-bond acceptors (Lipinski definition) is 5. The normalized spacial score (nSPS) is 10.2. The van der Waals surface area contributed by atoms with E-state index in [4.69, 9.17) is 4.74 Å². The van der Waals surface area contributed by atoms with Crippen molar-refractivity contribution in [3.63, 3.8) is 0 Å². The van der Waals surface area contributed by atoms with E-state index < -0.39 is 0 Å². The fraction of sp³-hybridized carbons (Fsp3) is 0.150. The van der Waals surface area contributed by atoms with Crippen LogP contribution in [0.15, 0.2) is 60.9 Å². The van der Waals surface area contributed by atoms with Crippen molar-refractivity contribution >= 4 is 17.4 Å². The van der Waals surface area contributed by atoms with Gasteiger partial charge in [-0.3, -0.25) is 4.79 Å². The third-order valence-electron chi connectivity index (χ3n) is 3.83. The van der Waals surface area contributed by atoms with Gasteiger partial charge in [0.1, 0.15) is 17.3 Å². The SMILES string of the molecule is COc1ccccc1NC(=O)c1cnc(NCc2ccc(C)cc2)cn1. The van der Waals surface area contributed by atoms with Gasteiger partial charge >= 0.3 is 0 Å². The van der Waals surface area contributed by atoms with Gasteiger partial charge in [0, 0.05) is 6.54 Å². The standard InChI is InChI=1S/C20H20N4O2/c1-14-7-9-15(10-8-14)11-22-19-13-21-17(12-23-19)20(25)24-16-5-3-4-6-18(16)26-2/h3-10,12-13H,11H2,1-2H3,(H,22,23)(H,24,25). The van der Waals surface area contributed by atoms with E-state index in [1.165, 1.54) is 11.8 Å². The number of hydrogen-bond donors (Lipinski definition) is 2. The number of para-hydroxylation sites is 2. The fourth-order valence-electron chi connectivity index (χ4n) is 2.37. The van der Waals surface area contributed by atoms with Gasteiger partial charge in [-0.15, -0.1) is 0 Å². The Bertz CT molecular complexity index is 877. The topological polar surface area (TPSA) is 76.1 Å². The number of methoxy groups -OCH3 is 1. The lowest BCUT2D eigenvalue weighted by Crippen LogP contribution is -2.15. The summed E-state index contributed by atoms with van der Waals surface area (Å²) in [6.07, 6.45) is 2.99. The number of anilines is 2. The molecule has 2 aromatic carbocycles. The molecule has 0 saturated heterocycles. The van der Waals surface area contributed by atoms with Crippen LogP contribution in [0.1, 0.15) is 21.6 Å². The van der Waals surface area contributed by atoms with E-state index in [1.807, 2.05) is 12.1 Å². The second kappa shape index (κ2) is 8.11. The van der Waals surface area contributed by atoms with Crippen LogP contribution in [0.4, 0.5) is 11.5 Å². The molecule has 3 aromatic rings. The number of carbonyl (C=O) groups is 1. The van der Waals surface area contributed by atoms with Crippen LogP contribution in [-0.4, -0.2) is 23.0 Å². The van der Waals surface area contributed by atoms with E-state index in [2.05, 4.69) is 51.8 Å². The third kappa shape index (κ3) is 4.36. The molecule has 1 amide bonds. The minimum atomic E-state index is -0.341. The molecule has 0 aliphatic rings. The van der Waals surface area contributed by atoms with E-state index in [0.717, 1.165) is 5.56 Å². The first kappa shape index (κ1) is 17.4. The molecule has 6 heteroatoms. The van der Waals surface area contributed by atoms with Gasteiger partial charge in [-0.25, -0.2) is 9.97 Å². The summed E-state index contributed by atoms with van der Waals surface area (Å²) in [4.78, 5) is 20.7.